The average Bonchev–Trinajstić information content (AvgIpc) is 3.18. The predicted octanol–water partition coefficient (Wildman–Crippen LogP) is 11.9. The first-order valence-electron chi connectivity index (χ1n) is 20.4. The van der Waals surface area contributed by atoms with Crippen LogP contribution in [-0.2, 0) is 0 Å². The summed E-state index contributed by atoms with van der Waals surface area (Å²) >= 11 is 0. The first-order chi connectivity index (χ1) is 26.4. The smallest absolute Gasteiger partial charge is 0.261 e. The Morgan fingerprint density at radius 3 is 1.37 bits per heavy atom. The molecule has 0 fully saturated rings. The SMILES string of the molecule is CCCCCCCC(CCCCCCC)N1C(=O)c2ccc3c4ccc5c6c(ccc(c7ccc(c2c37)C1=O)c64)C(=O)N(CCCCCCN=[N+]=[N-])C5=O. The number of unbranched alkanes of at least 4 members (excludes halogenated alkanes) is 11. The third-order valence-electron chi connectivity index (χ3n) is 11.9. The molecule has 0 aliphatic carbocycles. The van der Waals surface area contributed by atoms with Crippen LogP contribution in [0, 0.1) is 0 Å². The van der Waals surface area contributed by atoms with Crippen LogP contribution in [0.1, 0.15) is 158 Å². The summed E-state index contributed by atoms with van der Waals surface area (Å²) in [7, 11) is 0. The highest BCUT2D eigenvalue weighted by molar-refractivity contribution is 6.41. The van der Waals surface area contributed by atoms with Gasteiger partial charge in [0.2, 0.25) is 0 Å². The zero-order chi connectivity index (χ0) is 37.8. The van der Waals surface area contributed by atoms with Gasteiger partial charge in [0, 0.05) is 57.1 Å². The van der Waals surface area contributed by atoms with Crippen molar-refractivity contribution in [2.45, 2.75) is 123 Å². The molecule has 0 N–H and O–H groups in total. The Kier molecular flexibility index (Phi) is 11.4. The Morgan fingerprint density at radius 2 is 0.926 bits per heavy atom. The minimum atomic E-state index is -0.289. The number of benzene rings is 5. The van der Waals surface area contributed by atoms with Gasteiger partial charge in [-0.2, -0.15) is 0 Å². The van der Waals surface area contributed by atoms with E-state index in [9.17, 15) is 19.2 Å². The molecule has 0 unspecified atom stereocenters. The first-order valence-corrected chi connectivity index (χ1v) is 20.4. The average molecular weight is 726 g/mol. The van der Waals surface area contributed by atoms with E-state index < -0.39 is 0 Å². The van der Waals surface area contributed by atoms with Gasteiger partial charge in [-0.05, 0) is 87.8 Å². The maximum Gasteiger partial charge on any atom is 0.261 e. The summed E-state index contributed by atoms with van der Waals surface area (Å²) in [4.78, 5) is 62.5. The second-order valence-corrected chi connectivity index (χ2v) is 15.3. The molecule has 280 valence electrons. The van der Waals surface area contributed by atoms with Crippen molar-refractivity contribution in [1.29, 1.82) is 0 Å². The molecule has 7 rings (SSSR count). The lowest BCUT2D eigenvalue weighted by atomic mass is 9.82. The predicted molar refractivity (Wildman–Crippen MR) is 217 cm³/mol. The van der Waals surface area contributed by atoms with Crippen LogP contribution >= 0.6 is 0 Å². The van der Waals surface area contributed by atoms with Gasteiger partial charge in [-0.1, -0.05) is 120 Å². The van der Waals surface area contributed by atoms with E-state index in [-0.39, 0.29) is 29.7 Å². The Hall–Kier alpha value is -5.01. The van der Waals surface area contributed by atoms with E-state index in [4.69, 9.17) is 5.53 Å². The molecule has 2 heterocycles. The lowest BCUT2D eigenvalue weighted by Crippen LogP contribution is -2.47. The molecule has 0 spiro atoms. The summed E-state index contributed by atoms with van der Waals surface area (Å²) in [5.74, 6) is -0.983. The minimum absolute atomic E-state index is 0.126. The minimum Gasteiger partial charge on any atom is -0.274 e. The van der Waals surface area contributed by atoms with Gasteiger partial charge in [0.05, 0.1) is 0 Å². The Morgan fingerprint density at radius 1 is 0.519 bits per heavy atom. The van der Waals surface area contributed by atoms with E-state index in [2.05, 4.69) is 23.9 Å². The van der Waals surface area contributed by atoms with Crippen molar-refractivity contribution in [2.75, 3.05) is 13.1 Å². The fourth-order valence-corrected chi connectivity index (χ4v) is 9.09. The molecule has 0 atom stereocenters. The summed E-state index contributed by atoms with van der Waals surface area (Å²) in [6.45, 7) is 5.19. The van der Waals surface area contributed by atoms with Crippen molar-refractivity contribution < 1.29 is 19.2 Å². The monoisotopic (exact) mass is 725 g/mol. The second-order valence-electron chi connectivity index (χ2n) is 15.3. The van der Waals surface area contributed by atoms with Crippen LogP contribution in [-0.4, -0.2) is 52.6 Å². The van der Waals surface area contributed by atoms with Gasteiger partial charge in [0.25, 0.3) is 23.6 Å². The number of imide groups is 2. The lowest BCUT2D eigenvalue weighted by Gasteiger charge is -2.35. The summed E-state index contributed by atoms with van der Waals surface area (Å²) in [5, 5.41) is 10.3. The molecule has 5 aromatic rings. The maximum absolute atomic E-state index is 14.5. The van der Waals surface area contributed by atoms with Crippen molar-refractivity contribution in [2.24, 2.45) is 5.11 Å². The fraction of sp³-hybridized carbons (Fsp3) is 0.467. The Balaban J connectivity index is 1.24. The van der Waals surface area contributed by atoms with Gasteiger partial charge in [-0.3, -0.25) is 29.0 Å². The van der Waals surface area contributed by atoms with E-state index in [1.807, 2.05) is 48.5 Å². The number of rotatable bonds is 20. The summed E-state index contributed by atoms with van der Waals surface area (Å²) < 4.78 is 0. The quantitative estimate of drug-likeness (QED) is 0.0151. The topological polar surface area (TPSA) is 124 Å². The van der Waals surface area contributed by atoms with Gasteiger partial charge in [0.1, 0.15) is 0 Å². The number of hydrogen-bond acceptors (Lipinski definition) is 5. The highest BCUT2D eigenvalue weighted by Gasteiger charge is 2.39. The molecule has 9 heteroatoms. The molecule has 54 heavy (non-hydrogen) atoms. The van der Waals surface area contributed by atoms with Gasteiger partial charge in [-0.15, -0.1) is 0 Å². The fourth-order valence-electron chi connectivity index (χ4n) is 9.09. The van der Waals surface area contributed by atoms with E-state index in [0.29, 0.717) is 52.5 Å². The molecule has 0 saturated carbocycles. The van der Waals surface area contributed by atoms with Crippen LogP contribution in [0.3, 0.4) is 0 Å². The summed E-state index contributed by atoms with van der Waals surface area (Å²) in [6.07, 6.45) is 16.1. The van der Waals surface area contributed by atoms with Crippen LogP contribution in [0.2, 0.25) is 0 Å². The third kappa shape index (κ3) is 6.68. The third-order valence-corrected chi connectivity index (χ3v) is 11.9. The number of carbonyl (C=O) groups is 4. The van der Waals surface area contributed by atoms with Crippen molar-refractivity contribution in [1.82, 2.24) is 9.80 Å². The van der Waals surface area contributed by atoms with Gasteiger partial charge >= 0.3 is 0 Å². The highest BCUT2D eigenvalue weighted by atomic mass is 16.2. The van der Waals surface area contributed by atoms with Crippen LogP contribution in [0.25, 0.3) is 53.5 Å². The van der Waals surface area contributed by atoms with E-state index in [1.165, 1.54) is 43.4 Å². The normalized spacial score (nSPS) is 14.2. The van der Waals surface area contributed by atoms with Crippen molar-refractivity contribution in [3.05, 3.63) is 81.2 Å². The standard InChI is InChI=1S/C45H51N5O4/c1-3-5-7-9-13-17-29(18-14-10-8-6-4-2)50-44(53)36-25-21-32-30-19-23-34-40-35(43(52)49(42(34)51)28-16-12-11-15-27-47-48-46)24-20-31(38(30)40)33-22-26-37(45(50)54)41(36)39(32)33/h19-26,29H,3-18,27-28H2,1-2H3. The van der Waals surface area contributed by atoms with Gasteiger partial charge in [0.15, 0.2) is 0 Å². The van der Waals surface area contributed by atoms with E-state index in [0.717, 1.165) is 90.1 Å². The Labute approximate surface area is 317 Å². The molecular formula is C45H51N5O4. The molecule has 2 aliphatic heterocycles. The molecule has 9 nitrogen and oxygen atoms in total. The molecule has 0 aromatic heterocycles. The Bertz CT molecular complexity index is 2160. The van der Waals surface area contributed by atoms with Crippen molar-refractivity contribution >= 4 is 66.7 Å². The summed E-state index contributed by atoms with van der Waals surface area (Å²) in [5.41, 5.74) is 10.7. The molecule has 4 amide bonds. The van der Waals surface area contributed by atoms with Crippen LogP contribution in [0.15, 0.2) is 53.6 Å². The molecule has 0 saturated heterocycles. The number of fused-ring (bicyclic) bond motifs is 2. The maximum atomic E-state index is 14.5. The lowest BCUT2D eigenvalue weighted by molar-refractivity contribution is 0.0514. The first kappa shape index (κ1) is 37.3. The van der Waals surface area contributed by atoms with Gasteiger partial charge in [-0.25, -0.2) is 0 Å². The number of hydrogen-bond donors (Lipinski definition) is 0. The van der Waals surface area contributed by atoms with Crippen molar-refractivity contribution in [3.63, 3.8) is 0 Å². The number of amides is 4. The highest BCUT2D eigenvalue weighted by Crippen LogP contribution is 2.46. The molecule has 2 aliphatic rings. The van der Waals surface area contributed by atoms with Gasteiger partial charge < -0.3 is 0 Å². The number of azide groups is 1. The van der Waals surface area contributed by atoms with Crippen LogP contribution < -0.4 is 0 Å². The molecule has 0 radical (unpaired) electrons. The largest absolute Gasteiger partial charge is 0.274 e. The van der Waals surface area contributed by atoms with Crippen LogP contribution in [0.4, 0.5) is 0 Å². The molecule has 0 bridgehead atoms. The van der Waals surface area contributed by atoms with E-state index in [1.54, 1.807) is 4.90 Å². The van der Waals surface area contributed by atoms with Crippen molar-refractivity contribution in [3.8, 4) is 0 Å². The second kappa shape index (κ2) is 16.6. The zero-order valence-electron chi connectivity index (χ0n) is 31.8. The number of carbonyl (C=O) groups excluding carboxylic acids is 4. The molecule has 5 aromatic carbocycles. The summed E-state index contributed by atoms with van der Waals surface area (Å²) in [6, 6.07) is 15.2. The van der Waals surface area contributed by atoms with Crippen LogP contribution in [0.5, 0.6) is 0 Å². The molecular weight excluding hydrogens is 675 g/mol. The van der Waals surface area contributed by atoms with E-state index >= 15 is 0 Å². The zero-order valence-corrected chi connectivity index (χ0v) is 31.8. The number of nitrogens with zero attached hydrogens (tertiary/aromatic N) is 5.